The number of rotatable bonds is 7. The van der Waals surface area contributed by atoms with Crippen LogP contribution in [-0.2, 0) is 17.8 Å². The van der Waals surface area contributed by atoms with Crippen LogP contribution in [0.15, 0.2) is 24.3 Å². The van der Waals surface area contributed by atoms with Crippen LogP contribution < -0.4 is 5.32 Å². The van der Waals surface area contributed by atoms with Gasteiger partial charge in [-0.3, -0.25) is 15.0 Å². The van der Waals surface area contributed by atoms with E-state index in [9.17, 15) is 4.79 Å². The lowest BCUT2D eigenvalue weighted by Crippen LogP contribution is -2.29. The van der Waals surface area contributed by atoms with Gasteiger partial charge in [0, 0.05) is 13.0 Å². The fraction of sp³-hybridized carbons (Fsp3) is 0.471. The highest BCUT2D eigenvalue weighted by atomic mass is 32.1. The highest BCUT2D eigenvalue weighted by Gasteiger charge is 2.11. The summed E-state index contributed by atoms with van der Waals surface area (Å²) in [6, 6.07) is 8.32. The Morgan fingerprint density at radius 2 is 2.13 bits per heavy atom. The minimum Gasteiger partial charge on any atom is -0.299 e. The van der Waals surface area contributed by atoms with Crippen molar-refractivity contribution in [3.8, 4) is 0 Å². The predicted molar refractivity (Wildman–Crippen MR) is 94.6 cm³/mol. The summed E-state index contributed by atoms with van der Waals surface area (Å²) in [7, 11) is 1.94. The fourth-order valence-electron chi connectivity index (χ4n) is 2.32. The van der Waals surface area contributed by atoms with Gasteiger partial charge in [0.15, 0.2) is 0 Å². The number of carbonyl (C=O) groups is 1. The van der Waals surface area contributed by atoms with E-state index >= 15 is 0 Å². The Morgan fingerprint density at radius 1 is 1.35 bits per heavy atom. The van der Waals surface area contributed by atoms with E-state index in [1.165, 1.54) is 22.5 Å². The van der Waals surface area contributed by atoms with Gasteiger partial charge in [0.1, 0.15) is 5.01 Å². The van der Waals surface area contributed by atoms with Gasteiger partial charge in [0.05, 0.1) is 6.54 Å². The first-order valence-corrected chi connectivity index (χ1v) is 8.60. The van der Waals surface area contributed by atoms with Gasteiger partial charge in [0.25, 0.3) is 0 Å². The first-order chi connectivity index (χ1) is 10.9. The summed E-state index contributed by atoms with van der Waals surface area (Å²) in [5, 5.41) is 12.5. The smallest absolute Gasteiger partial charge is 0.240 e. The molecule has 1 N–H and O–H groups in total. The van der Waals surface area contributed by atoms with Gasteiger partial charge >= 0.3 is 0 Å². The number of aryl methyl sites for hydroxylation is 1. The Hall–Kier alpha value is -1.79. The molecule has 0 saturated carbocycles. The largest absolute Gasteiger partial charge is 0.299 e. The Kier molecular flexibility index (Phi) is 6.24. The molecule has 0 fully saturated rings. The van der Waals surface area contributed by atoms with E-state index in [-0.39, 0.29) is 5.91 Å². The van der Waals surface area contributed by atoms with Crippen LogP contribution >= 0.6 is 11.3 Å². The molecule has 2 rings (SSSR count). The molecular formula is C17H24N4OS. The molecule has 0 aliphatic heterocycles. The topological polar surface area (TPSA) is 58.1 Å². The molecule has 0 radical (unpaired) electrons. The average molecular weight is 332 g/mol. The number of aromatic nitrogens is 2. The molecule has 0 bridgehead atoms. The molecule has 1 amide bonds. The molecule has 1 aromatic heterocycles. The first-order valence-electron chi connectivity index (χ1n) is 7.78. The molecule has 2 aromatic rings. The van der Waals surface area contributed by atoms with Crippen LogP contribution in [0.2, 0.25) is 0 Å². The lowest BCUT2D eigenvalue weighted by atomic mass is 10.1. The Bertz CT molecular complexity index is 654. The molecule has 1 heterocycles. The van der Waals surface area contributed by atoms with Gasteiger partial charge in [-0.25, -0.2) is 0 Å². The van der Waals surface area contributed by atoms with Crippen LogP contribution in [-0.4, -0.2) is 34.6 Å². The molecule has 5 nitrogen and oxygen atoms in total. The molecule has 0 spiro atoms. The summed E-state index contributed by atoms with van der Waals surface area (Å²) in [4.78, 5) is 14.1. The van der Waals surface area contributed by atoms with E-state index in [1.54, 1.807) is 0 Å². The van der Waals surface area contributed by atoms with Crippen molar-refractivity contribution >= 4 is 22.4 Å². The highest BCUT2D eigenvalue weighted by Crippen LogP contribution is 2.18. The van der Waals surface area contributed by atoms with Crippen LogP contribution in [0.5, 0.6) is 0 Å². The number of hydrogen-bond donors (Lipinski definition) is 1. The molecule has 124 valence electrons. The lowest BCUT2D eigenvalue weighted by Gasteiger charge is -2.16. The Balaban J connectivity index is 1.83. The second-order valence-electron chi connectivity index (χ2n) is 6.31. The van der Waals surface area contributed by atoms with Crippen molar-refractivity contribution < 1.29 is 4.79 Å². The van der Waals surface area contributed by atoms with E-state index in [2.05, 4.69) is 54.5 Å². The summed E-state index contributed by atoms with van der Waals surface area (Å²) in [6.07, 6.45) is 0.890. The zero-order valence-corrected chi connectivity index (χ0v) is 15.0. The zero-order valence-electron chi connectivity index (χ0n) is 14.2. The zero-order chi connectivity index (χ0) is 16.8. The monoisotopic (exact) mass is 332 g/mol. The van der Waals surface area contributed by atoms with Crippen molar-refractivity contribution in [3.05, 3.63) is 40.4 Å². The Morgan fingerprint density at radius 3 is 2.83 bits per heavy atom. The van der Waals surface area contributed by atoms with E-state index in [0.29, 0.717) is 17.6 Å². The third kappa shape index (κ3) is 6.08. The molecule has 0 unspecified atom stereocenters. The SMILES string of the molecule is Cc1cccc(CN(C)CC(=O)Nc2nnc(CC(C)C)s2)c1. The van der Waals surface area contributed by atoms with E-state index < -0.39 is 0 Å². The quantitative estimate of drug-likeness (QED) is 0.846. The van der Waals surface area contributed by atoms with Crippen molar-refractivity contribution in [1.82, 2.24) is 15.1 Å². The van der Waals surface area contributed by atoms with Crippen molar-refractivity contribution in [3.63, 3.8) is 0 Å². The second-order valence-corrected chi connectivity index (χ2v) is 7.37. The predicted octanol–water partition coefficient (Wildman–Crippen LogP) is 3.12. The molecular weight excluding hydrogens is 308 g/mol. The molecule has 0 aliphatic carbocycles. The van der Waals surface area contributed by atoms with Crippen molar-refractivity contribution in [1.29, 1.82) is 0 Å². The Labute approximate surface area is 141 Å². The van der Waals surface area contributed by atoms with Gasteiger partial charge in [-0.2, -0.15) is 0 Å². The number of benzene rings is 1. The number of anilines is 1. The van der Waals surface area contributed by atoms with Gasteiger partial charge in [-0.05, 0) is 25.5 Å². The van der Waals surface area contributed by atoms with Crippen molar-refractivity contribution in [2.75, 3.05) is 18.9 Å². The van der Waals surface area contributed by atoms with Crippen molar-refractivity contribution in [2.24, 2.45) is 5.92 Å². The number of likely N-dealkylation sites (N-methyl/N-ethyl adjacent to an activating group) is 1. The van der Waals surface area contributed by atoms with Crippen LogP contribution in [0, 0.1) is 12.8 Å². The third-order valence-corrected chi connectivity index (χ3v) is 4.11. The third-order valence-electron chi connectivity index (χ3n) is 3.24. The summed E-state index contributed by atoms with van der Waals surface area (Å²) < 4.78 is 0. The lowest BCUT2D eigenvalue weighted by molar-refractivity contribution is -0.117. The number of hydrogen-bond acceptors (Lipinski definition) is 5. The maximum atomic E-state index is 12.1. The van der Waals surface area contributed by atoms with Gasteiger partial charge < -0.3 is 0 Å². The molecule has 0 atom stereocenters. The average Bonchev–Trinajstić information content (AvgIpc) is 2.84. The molecule has 6 heteroatoms. The standard InChI is InChI=1S/C17H24N4OS/c1-12(2)8-16-19-20-17(23-16)18-15(22)11-21(4)10-14-7-5-6-13(3)9-14/h5-7,9,12H,8,10-11H2,1-4H3,(H,18,20,22). The van der Waals surface area contributed by atoms with Gasteiger partial charge in [-0.1, -0.05) is 55.0 Å². The number of amides is 1. The summed E-state index contributed by atoms with van der Waals surface area (Å²) in [5.41, 5.74) is 2.43. The maximum absolute atomic E-state index is 12.1. The number of carbonyl (C=O) groups excluding carboxylic acids is 1. The van der Waals surface area contributed by atoms with Crippen LogP contribution in [0.25, 0.3) is 0 Å². The van der Waals surface area contributed by atoms with Gasteiger partial charge in [0.2, 0.25) is 11.0 Å². The van der Waals surface area contributed by atoms with Crippen LogP contribution in [0.1, 0.15) is 30.0 Å². The maximum Gasteiger partial charge on any atom is 0.240 e. The van der Waals surface area contributed by atoms with E-state index in [1.807, 2.05) is 18.0 Å². The van der Waals surface area contributed by atoms with E-state index in [4.69, 9.17) is 0 Å². The van der Waals surface area contributed by atoms with Crippen molar-refractivity contribution in [2.45, 2.75) is 33.7 Å². The first kappa shape index (κ1) is 17.6. The van der Waals surface area contributed by atoms with Gasteiger partial charge in [-0.15, -0.1) is 10.2 Å². The van der Waals surface area contributed by atoms with Crippen LogP contribution in [0.4, 0.5) is 5.13 Å². The minimum absolute atomic E-state index is 0.0626. The van der Waals surface area contributed by atoms with Crippen LogP contribution in [0.3, 0.4) is 0 Å². The normalized spacial score (nSPS) is 11.2. The molecule has 1 aromatic carbocycles. The van der Waals surface area contributed by atoms with E-state index in [0.717, 1.165) is 18.0 Å². The summed E-state index contributed by atoms with van der Waals surface area (Å²) in [6.45, 7) is 7.41. The molecule has 0 saturated heterocycles. The number of nitrogens with zero attached hydrogens (tertiary/aromatic N) is 3. The second kappa shape index (κ2) is 8.17. The molecule has 23 heavy (non-hydrogen) atoms. The summed E-state index contributed by atoms with van der Waals surface area (Å²) in [5.74, 6) is 0.472. The summed E-state index contributed by atoms with van der Waals surface area (Å²) >= 11 is 1.45. The highest BCUT2D eigenvalue weighted by molar-refractivity contribution is 7.15. The number of nitrogens with one attached hydrogen (secondary N) is 1. The molecule has 0 aliphatic rings. The fourth-order valence-corrected chi connectivity index (χ4v) is 3.29. The minimum atomic E-state index is -0.0626.